The number of nitro groups is 1. The number of thioether (sulfide) groups is 1. The molecule has 1 aromatic rings. The maximum absolute atomic E-state index is 10.6. The Balaban J connectivity index is 2.70. The third-order valence-corrected chi connectivity index (χ3v) is 3.16. The lowest BCUT2D eigenvalue weighted by molar-refractivity contribution is -0.385. The van der Waals surface area contributed by atoms with E-state index in [1.807, 2.05) is 0 Å². The Morgan fingerprint density at radius 1 is 1.56 bits per heavy atom. The largest absolute Gasteiger partial charge is 0.394 e. The molecule has 0 spiro atoms. The molecular formula is C10H13NO4S. The third kappa shape index (κ3) is 3.48. The molecule has 0 aliphatic rings. The van der Waals surface area contributed by atoms with Gasteiger partial charge in [-0.15, -0.1) is 11.8 Å². The van der Waals surface area contributed by atoms with Gasteiger partial charge in [0, 0.05) is 22.3 Å². The quantitative estimate of drug-likeness (QED) is 0.463. The van der Waals surface area contributed by atoms with Crippen LogP contribution in [0, 0.1) is 17.0 Å². The van der Waals surface area contributed by atoms with Crippen molar-refractivity contribution in [3.05, 3.63) is 33.9 Å². The number of aliphatic hydroxyl groups is 2. The molecule has 0 radical (unpaired) electrons. The van der Waals surface area contributed by atoms with Gasteiger partial charge >= 0.3 is 0 Å². The van der Waals surface area contributed by atoms with Crippen molar-refractivity contribution in [3.63, 3.8) is 0 Å². The normalized spacial score (nSPS) is 12.4. The molecule has 0 saturated heterocycles. The van der Waals surface area contributed by atoms with Crippen molar-refractivity contribution in [1.82, 2.24) is 0 Å². The highest BCUT2D eigenvalue weighted by molar-refractivity contribution is 7.99. The molecule has 5 nitrogen and oxygen atoms in total. The van der Waals surface area contributed by atoms with E-state index in [1.165, 1.54) is 17.8 Å². The summed E-state index contributed by atoms with van der Waals surface area (Å²) in [5, 5.41) is 28.4. The van der Waals surface area contributed by atoms with Crippen LogP contribution in [0.4, 0.5) is 5.69 Å². The second-order valence-corrected chi connectivity index (χ2v) is 4.45. The van der Waals surface area contributed by atoms with Gasteiger partial charge in [-0.2, -0.15) is 0 Å². The van der Waals surface area contributed by atoms with Crippen LogP contribution in [0.2, 0.25) is 0 Å². The molecular weight excluding hydrogens is 230 g/mol. The zero-order valence-electron chi connectivity index (χ0n) is 8.79. The van der Waals surface area contributed by atoms with Gasteiger partial charge in [0.25, 0.3) is 5.69 Å². The first-order valence-electron chi connectivity index (χ1n) is 4.71. The van der Waals surface area contributed by atoms with Crippen LogP contribution in [0.1, 0.15) is 5.56 Å². The van der Waals surface area contributed by atoms with Gasteiger partial charge in [-0.3, -0.25) is 10.1 Å². The van der Waals surface area contributed by atoms with Crippen LogP contribution in [-0.2, 0) is 0 Å². The molecule has 16 heavy (non-hydrogen) atoms. The highest BCUT2D eigenvalue weighted by Gasteiger charge is 2.11. The van der Waals surface area contributed by atoms with E-state index in [-0.39, 0.29) is 12.3 Å². The fourth-order valence-corrected chi connectivity index (χ4v) is 2.08. The summed E-state index contributed by atoms with van der Waals surface area (Å²) in [7, 11) is 0. The van der Waals surface area contributed by atoms with E-state index >= 15 is 0 Å². The summed E-state index contributed by atoms with van der Waals surface area (Å²) in [4.78, 5) is 11.0. The van der Waals surface area contributed by atoms with E-state index < -0.39 is 11.0 Å². The predicted octanol–water partition coefficient (Wildman–Crippen LogP) is 1.35. The molecule has 0 amide bonds. The van der Waals surface area contributed by atoms with Crippen LogP contribution in [0.25, 0.3) is 0 Å². The molecule has 0 saturated carbocycles. The minimum absolute atomic E-state index is 0.0899. The molecule has 88 valence electrons. The number of benzene rings is 1. The van der Waals surface area contributed by atoms with Gasteiger partial charge in [-0.05, 0) is 19.1 Å². The molecule has 1 atom stereocenters. The lowest BCUT2D eigenvalue weighted by atomic mass is 10.2. The first kappa shape index (κ1) is 13.0. The Kier molecular flexibility index (Phi) is 4.72. The number of hydrogen-bond acceptors (Lipinski definition) is 5. The maximum Gasteiger partial charge on any atom is 0.272 e. The first-order chi connectivity index (χ1) is 7.54. The first-order valence-corrected chi connectivity index (χ1v) is 5.70. The molecule has 0 heterocycles. The van der Waals surface area contributed by atoms with Crippen LogP contribution in [0.15, 0.2) is 23.1 Å². The second kappa shape index (κ2) is 5.83. The Morgan fingerprint density at radius 2 is 2.25 bits per heavy atom. The number of nitrogens with zero attached hydrogens (tertiary/aromatic N) is 1. The summed E-state index contributed by atoms with van der Waals surface area (Å²) in [6, 6.07) is 4.79. The molecule has 1 aromatic carbocycles. The molecule has 2 N–H and O–H groups in total. The number of aryl methyl sites for hydroxylation is 1. The van der Waals surface area contributed by atoms with Gasteiger partial charge in [-0.25, -0.2) is 0 Å². The molecule has 0 aromatic heterocycles. The van der Waals surface area contributed by atoms with Crippen LogP contribution in [0.5, 0.6) is 0 Å². The van der Waals surface area contributed by atoms with Crippen molar-refractivity contribution in [2.75, 3.05) is 12.4 Å². The topological polar surface area (TPSA) is 83.6 Å². The van der Waals surface area contributed by atoms with Crippen LogP contribution in [0.3, 0.4) is 0 Å². The van der Waals surface area contributed by atoms with Crippen molar-refractivity contribution >= 4 is 17.4 Å². The van der Waals surface area contributed by atoms with E-state index in [2.05, 4.69) is 0 Å². The summed E-state index contributed by atoms with van der Waals surface area (Å²) < 4.78 is 0. The van der Waals surface area contributed by atoms with E-state index in [0.717, 1.165) is 4.90 Å². The molecule has 0 aliphatic carbocycles. The Labute approximate surface area is 97.3 Å². The van der Waals surface area contributed by atoms with Crippen LogP contribution < -0.4 is 0 Å². The summed E-state index contributed by atoms with van der Waals surface area (Å²) in [5.41, 5.74) is 0.681. The minimum Gasteiger partial charge on any atom is -0.394 e. The molecule has 1 rings (SSSR count). The highest BCUT2D eigenvalue weighted by Crippen LogP contribution is 2.25. The van der Waals surface area contributed by atoms with Crippen molar-refractivity contribution in [2.24, 2.45) is 0 Å². The van der Waals surface area contributed by atoms with Gasteiger partial charge in [0.05, 0.1) is 17.6 Å². The Bertz CT molecular complexity index is 383. The van der Waals surface area contributed by atoms with Gasteiger partial charge < -0.3 is 10.2 Å². The summed E-state index contributed by atoms with van der Waals surface area (Å²) in [6.07, 6.45) is -0.763. The van der Waals surface area contributed by atoms with Crippen LogP contribution in [-0.4, -0.2) is 33.6 Å². The SMILES string of the molecule is Cc1cc(SCC(O)CO)ccc1[N+](=O)[O-]. The standard InChI is InChI=1S/C10H13NO4S/c1-7-4-9(16-6-8(13)5-12)2-3-10(7)11(14)15/h2-4,8,12-13H,5-6H2,1H3. The van der Waals surface area contributed by atoms with E-state index in [0.29, 0.717) is 11.3 Å². The average molecular weight is 243 g/mol. The number of nitro benzene ring substituents is 1. The van der Waals surface area contributed by atoms with Gasteiger partial charge in [0.1, 0.15) is 0 Å². The van der Waals surface area contributed by atoms with Crippen molar-refractivity contribution in [2.45, 2.75) is 17.9 Å². The van der Waals surface area contributed by atoms with E-state index in [4.69, 9.17) is 10.2 Å². The highest BCUT2D eigenvalue weighted by atomic mass is 32.2. The number of rotatable bonds is 5. The monoisotopic (exact) mass is 243 g/mol. The number of hydrogen-bond donors (Lipinski definition) is 2. The van der Waals surface area contributed by atoms with E-state index in [9.17, 15) is 10.1 Å². The number of aliphatic hydroxyl groups excluding tert-OH is 2. The third-order valence-electron chi connectivity index (χ3n) is 2.02. The molecule has 0 fully saturated rings. The lowest BCUT2D eigenvalue weighted by Gasteiger charge is -2.07. The minimum atomic E-state index is -0.763. The van der Waals surface area contributed by atoms with Crippen molar-refractivity contribution < 1.29 is 15.1 Å². The van der Waals surface area contributed by atoms with Crippen molar-refractivity contribution in [1.29, 1.82) is 0 Å². The Morgan fingerprint density at radius 3 is 2.75 bits per heavy atom. The maximum atomic E-state index is 10.6. The van der Waals surface area contributed by atoms with Crippen molar-refractivity contribution in [3.8, 4) is 0 Å². The molecule has 0 aliphatic heterocycles. The predicted molar refractivity (Wildman–Crippen MR) is 61.7 cm³/mol. The molecule has 6 heteroatoms. The average Bonchev–Trinajstić information content (AvgIpc) is 2.25. The zero-order chi connectivity index (χ0) is 12.1. The molecule has 1 unspecified atom stereocenters. The van der Waals surface area contributed by atoms with E-state index in [1.54, 1.807) is 19.1 Å². The van der Waals surface area contributed by atoms with Gasteiger partial charge in [-0.1, -0.05) is 0 Å². The summed E-state index contributed by atoms with van der Waals surface area (Å²) >= 11 is 1.36. The summed E-state index contributed by atoms with van der Waals surface area (Å²) in [6.45, 7) is 1.39. The lowest BCUT2D eigenvalue weighted by Crippen LogP contribution is -2.14. The van der Waals surface area contributed by atoms with Crippen LogP contribution >= 0.6 is 11.8 Å². The van der Waals surface area contributed by atoms with Gasteiger partial charge in [0.15, 0.2) is 0 Å². The summed E-state index contributed by atoms with van der Waals surface area (Å²) in [5.74, 6) is 0.369. The van der Waals surface area contributed by atoms with Gasteiger partial charge in [0.2, 0.25) is 0 Å². The second-order valence-electron chi connectivity index (χ2n) is 3.35. The smallest absolute Gasteiger partial charge is 0.272 e. The Hall–Kier alpha value is -1.11. The molecule has 0 bridgehead atoms. The fraction of sp³-hybridized carbons (Fsp3) is 0.400. The fourth-order valence-electron chi connectivity index (χ4n) is 1.17. The zero-order valence-corrected chi connectivity index (χ0v) is 9.61.